The van der Waals surface area contributed by atoms with E-state index in [1.54, 1.807) is 10.7 Å². The molecule has 0 bridgehead atoms. The van der Waals surface area contributed by atoms with E-state index in [1.807, 2.05) is 36.9 Å². The van der Waals surface area contributed by atoms with Crippen LogP contribution in [0.2, 0.25) is 0 Å². The number of benzene rings is 1. The zero-order valence-electron chi connectivity index (χ0n) is 17.6. The summed E-state index contributed by atoms with van der Waals surface area (Å²) in [5.74, 6) is -0.0215. The number of aromatic nitrogens is 2. The average Bonchev–Trinajstić information content (AvgIpc) is 3.00. The highest BCUT2D eigenvalue weighted by atomic mass is 16.2. The average molecular weight is 409 g/mol. The molecule has 2 aromatic rings. The number of rotatable bonds is 4. The first-order valence-electron chi connectivity index (χ1n) is 10.3. The van der Waals surface area contributed by atoms with Gasteiger partial charge in [0.25, 0.3) is 5.91 Å². The Kier molecular flexibility index (Phi) is 5.09. The molecule has 30 heavy (non-hydrogen) atoms. The van der Waals surface area contributed by atoms with Crippen molar-refractivity contribution in [2.24, 2.45) is 0 Å². The molecule has 1 aromatic carbocycles. The lowest BCUT2D eigenvalue weighted by atomic mass is 9.92. The Morgan fingerprint density at radius 1 is 1.13 bits per heavy atom. The fraction of sp³-hybridized carbons (Fsp3) is 0.455. The van der Waals surface area contributed by atoms with E-state index in [9.17, 15) is 14.4 Å². The molecule has 2 N–H and O–H groups in total. The van der Waals surface area contributed by atoms with Crippen LogP contribution in [-0.4, -0.2) is 51.0 Å². The van der Waals surface area contributed by atoms with Gasteiger partial charge in [-0.25, -0.2) is 0 Å². The van der Waals surface area contributed by atoms with Gasteiger partial charge in [-0.3, -0.25) is 19.1 Å². The van der Waals surface area contributed by atoms with Crippen LogP contribution in [0.3, 0.4) is 0 Å². The van der Waals surface area contributed by atoms with Crippen LogP contribution in [0.5, 0.6) is 0 Å². The smallest absolute Gasteiger partial charge is 0.255 e. The van der Waals surface area contributed by atoms with Gasteiger partial charge in [-0.2, -0.15) is 5.10 Å². The zero-order valence-corrected chi connectivity index (χ0v) is 17.6. The number of amides is 2. The molecule has 0 aliphatic carbocycles. The first-order chi connectivity index (χ1) is 14.3. The Bertz CT molecular complexity index is 1020. The molecule has 0 radical (unpaired) electrons. The van der Waals surface area contributed by atoms with Gasteiger partial charge in [0, 0.05) is 50.3 Å². The first kappa shape index (κ1) is 20.1. The highest BCUT2D eigenvalue weighted by molar-refractivity contribution is 6.02. The summed E-state index contributed by atoms with van der Waals surface area (Å²) in [6.45, 7) is 6.81. The molecule has 158 valence electrons. The number of ketones is 1. The lowest BCUT2D eigenvalue weighted by Crippen LogP contribution is -2.62. The predicted octanol–water partition coefficient (Wildman–Crippen LogP) is 2.27. The van der Waals surface area contributed by atoms with Crippen LogP contribution < -0.4 is 10.6 Å². The standard InChI is InChI=1S/C22H27N5O3/c1-14-20(16(3)28)15(2)27(25-14)11-8-19(29)26-12-9-22(10-13-26)23-18-7-5-4-6-17(18)21(30)24-22/h4-7,23H,8-13H2,1-3H3,(H,24,30). The molecular formula is C22H27N5O3. The SMILES string of the molecule is CC(=O)c1c(C)nn(CCC(=O)N2CCC3(CC2)NC(=O)c2ccccc2N3)c1C. The predicted molar refractivity (Wildman–Crippen MR) is 112 cm³/mol. The molecule has 1 fully saturated rings. The Balaban J connectivity index is 1.36. The number of likely N-dealkylation sites (tertiary alicyclic amines) is 1. The van der Waals surface area contributed by atoms with Crippen molar-refractivity contribution in [2.75, 3.05) is 18.4 Å². The first-order valence-corrected chi connectivity index (χ1v) is 10.3. The molecule has 0 unspecified atom stereocenters. The molecule has 0 saturated carbocycles. The number of piperidine rings is 1. The van der Waals surface area contributed by atoms with E-state index >= 15 is 0 Å². The van der Waals surface area contributed by atoms with Gasteiger partial charge in [0.15, 0.2) is 5.78 Å². The minimum Gasteiger partial charge on any atom is -0.362 e. The van der Waals surface area contributed by atoms with Gasteiger partial charge in [-0.05, 0) is 32.9 Å². The highest BCUT2D eigenvalue weighted by Crippen LogP contribution is 2.31. The number of aryl methyl sites for hydroxylation is 2. The number of hydrogen-bond acceptors (Lipinski definition) is 5. The van der Waals surface area contributed by atoms with E-state index < -0.39 is 5.66 Å². The molecule has 8 nitrogen and oxygen atoms in total. The molecule has 2 aliphatic heterocycles. The van der Waals surface area contributed by atoms with Crippen LogP contribution in [0.15, 0.2) is 24.3 Å². The summed E-state index contributed by atoms with van der Waals surface area (Å²) >= 11 is 0. The van der Waals surface area contributed by atoms with Crippen molar-refractivity contribution in [3.63, 3.8) is 0 Å². The van der Waals surface area contributed by atoms with E-state index in [4.69, 9.17) is 0 Å². The van der Waals surface area contributed by atoms with Crippen molar-refractivity contribution in [2.45, 2.75) is 52.2 Å². The second kappa shape index (κ2) is 7.59. The number of fused-ring (bicyclic) bond motifs is 1. The van der Waals surface area contributed by atoms with Crippen molar-refractivity contribution in [3.8, 4) is 0 Å². The maximum absolute atomic E-state index is 12.8. The number of nitrogens with one attached hydrogen (secondary N) is 2. The van der Waals surface area contributed by atoms with Crippen molar-refractivity contribution in [1.82, 2.24) is 20.0 Å². The van der Waals surface area contributed by atoms with E-state index in [2.05, 4.69) is 15.7 Å². The van der Waals surface area contributed by atoms with Crippen molar-refractivity contribution in [1.29, 1.82) is 0 Å². The summed E-state index contributed by atoms with van der Waals surface area (Å²) in [5.41, 5.74) is 3.13. The van der Waals surface area contributed by atoms with E-state index in [0.717, 1.165) is 11.4 Å². The number of nitrogens with zero attached hydrogens (tertiary/aromatic N) is 3. The van der Waals surface area contributed by atoms with Crippen LogP contribution >= 0.6 is 0 Å². The summed E-state index contributed by atoms with van der Waals surface area (Å²) in [7, 11) is 0. The number of para-hydroxylation sites is 1. The van der Waals surface area contributed by atoms with Gasteiger partial charge < -0.3 is 15.5 Å². The molecule has 4 rings (SSSR count). The quantitative estimate of drug-likeness (QED) is 0.755. The summed E-state index contributed by atoms with van der Waals surface area (Å²) < 4.78 is 1.75. The van der Waals surface area contributed by atoms with Crippen molar-refractivity contribution < 1.29 is 14.4 Å². The molecule has 0 atom stereocenters. The maximum atomic E-state index is 12.8. The van der Waals surface area contributed by atoms with Crippen LogP contribution in [0, 0.1) is 13.8 Å². The third-order valence-electron chi connectivity index (χ3n) is 6.14. The Hall–Kier alpha value is -3.16. The van der Waals surface area contributed by atoms with Gasteiger partial charge in [-0.1, -0.05) is 12.1 Å². The number of carbonyl (C=O) groups is 3. The Morgan fingerprint density at radius 2 is 1.83 bits per heavy atom. The van der Waals surface area contributed by atoms with E-state index in [0.29, 0.717) is 55.7 Å². The molecule has 8 heteroatoms. The number of Topliss-reactive ketones (excluding diaryl/α,β-unsaturated/α-hetero) is 1. The van der Waals surface area contributed by atoms with Crippen molar-refractivity contribution >= 4 is 23.3 Å². The van der Waals surface area contributed by atoms with Crippen LogP contribution in [0.1, 0.15) is 58.3 Å². The van der Waals surface area contributed by atoms with Gasteiger partial charge in [0.1, 0.15) is 5.66 Å². The molecule has 2 amide bonds. The monoisotopic (exact) mass is 409 g/mol. The van der Waals surface area contributed by atoms with Gasteiger partial charge in [0.2, 0.25) is 5.91 Å². The van der Waals surface area contributed by atoms with Crippen molar-refractivity contribution in [3.05, 3.63) is 46.8 Å². The largest absolute Gasteiger partial charge is 0.362 e. The fourth-order valence-electron chi connectivity index (χ4n) is 4.54. The van der Waals surface area contributed by atoms with Gasteiger partial charge >= 0.3 is 0 Å². The minimum absolute atomic E-state index is 0.00694. The maximum Gasteiger partial charge on any atom is 0.255 e. The van der Waals surface area contributed by atoms with Crippen LogP contribution in [-0.2, 0) is 11.3 Å². The second-order valence-corrected chi connectivity index (χ2v) is 8.16. The zero-order chi connectivity index (χ0) is 21.5. The van der Waals surface area contributed by atoms with E-state index in [-0.39, 0.29) is 17.6 Å². The Morgan fingerprint density at radius 3 is 2.50 bits per heavy atom. The third kappa shape index (κ3) is 3.58. The molecule has 1 saturated heterocycles. The summed E-state index contributed by atoms with van der Waals surface area (Å²) in [6.07, 6.45) is 1.62. The van der Waals surface area contributed by atoms with Crippen LogP contribution in [0.4, 0.5) is 5.69 Å². The van der Waals surface area contributed by atoms with Gasteiger partial charge in [0.05, 0.1) is 16.8 Å². The lowest BCUT2D eigenvalue weighted by molar-refractivity contribution is -0.133. The molecular weight excluding hydrogens is 382 g/mol. The fourth-order valence-corrected chi connectivity index (χ4v) is 4.54. The molecule has 1 spiro atoms. The number of carbonyl (C=O) groups excluding carboxylic acids is 3. The second-order valence-electron chi connectivity index (χ2n) is 8.16. The molecule has 2 aliphatic rings. The number of anilines is 1. The summed E-state index contributed by atoms with van der Waals surface area (Å²) in [5, 5.41) is 11.0. The minimum atomic E-state index is -0.506. The molecule has 1 aromatic heterocycles. The van der Waals surface area contributed by atoms with Gasteiger partial charge in [-0.15, -0.1) is 0 Å². The van der Waals surface area contributed by atoms with E-state index in [1.165, 1.54) is 6.92 Å². The topological polar surface area (TPSA) is 96.3 Å². The normalized spacial score (nSPS) is 17.3. The summed E-state index contributed by atoms with van der Waals surface area (Å²) in [6, 6.07) is 7.48. The Labute approximate surface area is 175 Å². The third-order valence-corrected chi connectivity index (χ3v) is 6.14. The lowest BCUT2D eigenvalue weighted by Gasteiger charge is -2.45. The number of hydrogen-bond donors (Lipinski definition) is 2. The van der Waals surface area contributed by atoms with Crippen LogP contribution in [0.25, 0.3) is 0 Å². The summed E-state index contributed by atoms with van der Waals surface area (Å²) in [4.78, 5) is 38.8. The molecule has 3 heterocycles. The highest BCUT2D eigenvalue weighted by Gasteiger charge is 2.40.